The molecule has 0 spiro atoms. The number of aliphatic imine (C=N–C) groups is 1. The number of hydrogen-bond donors (Lipinski definition) is 3. The van der Waals surface area contributed by atoms with Crippen molar-refractivity contribution in [3.63, 3.8) is 0 Å². The average molecular weight is 551 g/mol. The van der Waals surface area contributed by atoms with Crippen molar-refractivity contribution in [1.82, 2.24) is 20.9 Å². The lowest BCUT2D eigenvalue weighted by atomic mass is 10.1. The molecular formula is C21H36ClIN6O. The van der Waals surface area contributed by atoms with Gasteiger partial charge in [0.2, 0.25) is 5.91 Å². The Bertz CT molecular complexity index is 714. The minimum Gasteiger partial charge on any atom is -0.369 e. The van der Waals surface area contributed by atoms with Crippen molar-refractivity contribution in [1.29, 1.82) is 0 Å². The summed E-state index contributed by atoms with van der Waals surface area (Å²) in [5, 5.41) is 9.95. The topological polar surface area (TPSA) is 72.0 Å². The number of carbonyl (C=O) groups is 1. The predicted molar refractivity (Wildman–Crippen MR) is 137 cm³/mol. The molecule has 2 rings (SSSR count). The predicted octanol–water partition coefficient (Wildman–Crippen LogP) is 2.68. The van der Waals surface area contributed by atoms with Gasteiger partial charge in [-0.05, 0) is 46.9 Å². The molecule has 0 radical (unpaired) electrons. The van der Waals surface area contributed by atoms with Crippen LogP contribution in [0, 0.1) is 0 Å². The molecule has 0 unspecified atom stereocenters. The monoisotopic (exact) mass is 550 g/mol. The van der Waals surface area contributed by atoms with E-state index in [1.165, 1.54) is 0 Å². The highest BCUT2D eigenvalue weighted by Crippen LogP contribution is 2.29. The third kappa shape index (κ3) is 8.85. The second kappa shape index (κ2) is 12.6. The van der Waals surface area contributed by atoms with E-state index < -0.39 is 0 Å². The lowest BCUT2D eigenvalue weighted by molar-refractivity contribution is -0.121. The number of likely N-dealkylation sites (N-methyl/N-ethyl adjacent to an activating group) is 1. The molecule has 170 valence electrons. The Kier molecular flexibility index (Phi) is 11.2. The summed E-state index contributed by atoms with van der Waals surface area (Å²) >= 11 is 6.53. The Morgan fingerprint density at radius 2 is 1.83 bits per heavy atom. The summed E-state index contributed by atoms with van der Waals surface area (Å²) in [7, 11) is 2.14. The zero-order chi connectivity index (χ0) is 21.4. The van der Waals surface area contributed by atoms with Gasteiger partial charge in [-0.15, -0.1) is 24.0 Å². The van der Waals surface area contributed by atoms with Gasteiger partial charge >= 0.3 is 0 Å². The molecule has 1 aliphatic rings. The first-order valence-electron chi connectivity index (χ1n) is 10.2. The van der Waals surface area contributed by atoms with Gasteiger partial charge in [0.15, 0.2) is 5.96 Å². The molecule has 0 bridgehead atoms. The molecule has 1 heterocycles. The maximum Gasteiger partial charge on any atom is 0.239 e. The minimum atomic E-state index is -0.261. The number of nitrogens with one attached hydrogen (secondary N) is 3. The van der Waals surface area contributed by atoms with Crippen molar-refractivity contribution >= 4 is 53.1 Å². The van der Waals surface area contributed by atoms with E-state index in [-0.39, 0.29) is 42.0 Å². The van der Waals surface area contributed by atoms with E-state index in [1.807, 2.05) is 39.8 Å². The number of benzene rings is 1. The molecule has 30 heavy (non-hydrogen) atoms. The third-order valence-corrected chi connectivity index (χ3v) is 4.96. The van der Waals surface area contributed by atoms with Crippen LogP contribution >= 0.6 is 35.6 Å². The fraction of sp³-hybridized carbons (Fsp3) is 0.619. The lowest BCUT2D eigenvalue weighted by Crippen LogP contribution is -2.48. The lowest BCUT2D eigenvalue weighted by Gasteiger charge is -2.35. The van der Waals surface area contributed by atoms with E-state index in [0.717, 1.165) is 37.4 Å². The number of rotatable bonds is 6. The van der Waals surface area contributed by atoms with Crippen LogP contribution in [0.25, 0.3) is 0 Å². The maximum atomic E-state index is 12.1. The fourth-order valence-corrected chi connectivity index (χ4v) is 3.40. The van der Waals surface area contributed by atoms with Crippen molar-refractivity contribution in [3.8, 4) is 0 Å². The standard InChI is InChI=1S/C21H35ClN6O.HI/c1-6-23-20(25-15-19(29)26-21(2,3)4)24-14-16-17(22)8-7-9-18(16)28-12-10-27(5)11-13-28;/h7-9H,6,10-15H2,1-5H3,(H,26,29)(H2,23,24,25);1H. The molecular weight excluding hydrogens is 515 g/mol. The number of amides is 1. The summed E-state index contributed by atoms with van der Waals surface area (Å²) in [5.74, 6) is 0.528. The summed E-state index contributed by atoms with van der Waals surface area (Å²) in [6.45, 7) is 13.2. The summed E-state index contributed by atoms with van der Waals surface area (Å²) in [6.07, 6.45) is 0. The van der Waals surface area contributed by atoms with Gasteiger partial charge < -0.3 is 25.8 Å². The number of guanidine groups is 1. The van der Waals surface area contributed by atoms with Gasteiger partial charge in [0.05, 0.1) is 13.1 Å². The van der Waals surface area contributed by atoms with Crippen LogP contribution in [-0.4, -0.2) is 68.6 Å². The third-order valence-electron chi connectivity index (χ3n) is 4.61. The van der Waals surface area contributed by atoms with Crippen LogP contribution in [-0.2, 0) is 11.3 Å². The molecule has 1 aromatic carbocycles. The van der Waals surface area contributed by atoms with Crippen molar-refractivity contribution in [2.24, 2.45) is 4.99 Å². The van der Waals surface area contributed by atoms with Crippen molar-refractivity contribution < 1.29 is 4.79 Å². The van der Waals surface area contributed by atoms with Gasteiger partial charge in [-0.3, -0.25) is 4.79 Å². The van der Waals surface area contributed by atoms with Crippen LogP contribution in [0.5, 0.6) is 0 Å². The Hall–Kier alpha value is -1.26. The average Bonchev–Trinajstić information content (AvgIpc) is 2.64. The molecule has 0 aliphatic carbocycles. The number of halogens is 2. The highest BCUT2D eigenvalue weighted by atomic mass is 127. The van der Waals surface area contributed by atoms with Crippen LogP contribution < -0.4 is 20.9 Å². The fourth-order valence-electron chi connectivity index (χ4n) is 3.17. The Morgan fingerprint density at radius 1 is 1.17 bits per heavy atom. The van der Waals surface area contributed by atoms with Crippen LogP contribution in [0.4, 0.5) is 5.69 Å². The quantitative estimate of drug-likeness (QED) is 0.289. The van der Waals surface area contributed by atoms with E-state index in [2.05, 4.69) is 43.9 Å². The number of piperazine rings is 1. The van der Waals surface area contributed by atoms with Gasteiger partial charge in [-0.1, -0.05) is 17.7 Å². The number of carbonyl (C=O) groups excluding carboxylic acids is 1. The van der Waals surface area contributed by atoms with E-state index in [9.17, 15) is 4.79 Å². The molecule has 0 atom stereocenters. The minimum absolute atomic E-state index is 0. The van der Waals surface area contributed by atoms with Crippen molar-refractivity contribution in [2.75, 3.05) is 51.2 Å². The van der Waals surface area contributed by atoms with Gasteiger partial charge in [0.1, 0.15) is 0 Å². The molecule has 0 aromatic heterocycles. The van der Waals surface area contributed by atoms with Crippen LogP contribution in [0.3, 0.4) is 0 Å². The Morgan fingerprint density at radius 3 is 2.43 bits per heavy atom. The molecule has 1 saturated heterocycles. The molecule has 1 aliphatic heterocycles. The van der Waals surface area contributed by atoms with E-state index in [0.29, 0.717) is 24.1 Å². The van der Waals surface area contributed by atoms with Crippen LogP contribution in [0.15, 0.2) is 23.2 Å². The molecule has 1 aromatic rings. The maximum absolute atomic E-state index is 12.1. The van der Waals surface area contributed by atoms with Crippen molar-refractivity contribution in [2.45, 2.75) is 39.8 Å². The van der Waals surface area contributed by atoms with E-state index >= 15 is 0 Å². The first kappa shape index (κ1) is 26.8. The highest BCUT2D eigenvalue weighted by molar-refractivity contribution is 14.0. The molecule has 1 fully saturated rings. The highest BCUT2D eigenvalue weighted by Gasteiger charge is 2.18. The summed E-state index contributed by atoms with van der Waals surface area (Å²) in [4.78, 5) is 21.5. The van der Waals surface area contributed by atoms with Gasteiger partial charge in [0.25, 0.3) is 0 Å². The normalized spacial score (nSPS) is 15.4. The number of nitrogens with zero attached hydrogens (tertiary/aromatic N) is 3. The summed E-state index contributed by atoms with van der Waals surface area (Å²) < 4.78 is 0. The summed E-state index contributed by atoms with van der Waals surface area (Å²) in [5.41, 5.74) is 1.88. The van der Waals surface area contributed by atoms with E-state index in [1.54, 1.807) is 0 Å². The van der Waals surface area contributed by atoms with E-state index in [4.69, 9.17) is 11.6 Å². The van der Waals surface area contributed by atoms with Gasteiger partial charge in [-0.25, -0.2) is 4.99 Å². The largest absolute Gasteiger partial charge is 0.369 e. The van der Waals surface area contributed by atoms with Crippen LogP contribution in [0.1, 0.15) is 33.3 Å². The van der Waals surface area contributed by atoms with Gasteiger partial charge in [-0.2, -0.15) is 0 Å². The number of anilines is 1. The van der Waals surface area contributed by atoms with Crippen LogP contribution in [0.2, 0.25) is 5.02 Å². The SMILES string of the molecule is CCNC(=NCc1c(Cl)cccc1N1CCN(C)CC1)NCC(=O)NC(C)(C)C.I. The summed E-state index contributed by atoms with van der Waals surface area (Å²) in [6, 6.07) is 6.01. The molecule has 0 saturated carbocycles. The van der Waals surface area contributed by atoms with Crippen molar-refractivity contribution in [3.05, 3.63) is 28.8 Å². The second-order valence-corrected chi connectivity index (χ2v) is 8.78. The zero-order valence-corrected chi connectivity index (χ0v) is 21.8. The second-order valence-electron chi connectivity index (χ2n) is 8.37. The Balaban J connectivity index is 0.00000450. The zero-order valence-electron chi connectivity index (χ0n) is 18.7. The smallest absolute Gasteiger partial charge is 0.239 e. The molecule has 7 nitrogen and oxygen atoms in total. The molecule has 1 amide bonds. The number of hydrogen-bond acceptors (Lipinski definition) is 4. The van der Waals surface area contributed by atoms with Gasteiger partial charge in [0, 0.05) is 54.5 Å². The first-order chi connectivity index (χ1) is 13.7. The molecule has 3 N–H and O–H groups in total. The Labute approximate surface area is 203 Å². The first-order valence-corrected chi connectivity index (χ1v) is 10.6. The molecule has 9 heteroatoms.